The number of nitro groups is 2. The van der Waals surface area contributed by atoms with Crippen LogP contribution in [0.4, 0.5) is 11.4 Å². The number of nitro benzene ring substituents is 2. The van der Waals surface area contributed by atoms with E-state index in [9.17, 15) is 20.2 Å². The Balaban J connectivity index is 2.75. The lowest BCUT2D eigenvalue weighted by Crippen LogP contribution is -1.96. The Morgan fingerprint density at radius 1 is 0.842 bits per heavy atom. The van der Waals surface area contributed by atoms with Crippen LogP contribution in [-0.2, 0) is 0 Å². The smallest absolute Gasteiger partial charge is 0.258 e. The van der Waals surface area contributed by atoms with Crippen molar-refractivity contribution in [1.82, 2.24) is 0 Å². The van der Waals surface area contributed by atoms with Crippen LogP contribution in [0.1, 0.15) is 0 Å². The first-order chi connectivity index (χ1) is 9.00. The van der Waals surface area contributed by atoms with Crippen LogP contribution in [0.5, 0.6) is 0 Å². The van der Waals surface area contributed by atoms with E-state index >= 15 is 0 Å². The van der Waals surface area contributed by atoms with Gasteiger partial charge in [-0.25, -0.2) is 0 Å². The monoisotopic (exact) mass is 322 g/mol. The van der Waals surface area contributed by atoms with Gasteiger partial charge in [-0.15, -0.1) is 0 Å². The predicted molar refractivity (Wildman–Crippen MR) is 72.9 cm³/mol. The van der Waals surface area contributed by atoms with Gasteiger partial charge in [0.25, 0.3) is 11.4 Å². The molecule has 0 bridgehead atoms. The molecule has 0 N–H and O–H groups in total. The molecule has 0 aliphatic rings. The molecule has 0 saturated carbocycles. The van der Waals surface area contributed by atoms with Crippen LogP contribution in [0.3, 0.4) is 0 Å². The molecule has 0 aromatic heterocycles. The minimum atomic E-state index is -0.557. The molecule has 2 rings (SSSR count). The van der Waals surface area contributed by atoms with E-state index in [0.717, 1.165) is 0 Å². The number of halogens is 1. The fourth-order valence-corrected chi connectivity index (χ4v) is 2.10. The Hall–Kier alpha value is -2.28. The third-order valence-corrected chi connectivity index (χ3v) is 3.04. The summed E-state index contributed by atoms with van der Waals surface area (Å²) in [5, 5.41) is 22.0. The third kappa shape index (κ3) is 2.60. The van der Waals surface area contributed by atoms with Gasteiger partial charge in [0.05, 0.1) is 21.0 Å². The van der Waals surface area contributed by atoms with Crippen molar-refractivity contribution in [3.63, 3.8) is 0 Å². The molecule has 96 valence electrons. The van der Waals surface area contributed by atoms with Crippen molar-refractivity contribution in [2.75, 3.05) is 0 Å². The van der Waals surface area contributed by atoms with Crippen LogP contribution in [0.2, 0.25) is 0 Å². The van der Waals surface area contributed by atoms with Gasteiger partial charge >= 0.3 is 0 Å². The molecule has 0 heterocycles. The van der Waals surface area contributed by atoms with E-state index in [1.54, 1.807) is 6.07 Å². The SMILES string of the molecule is O=[N+]([O-])c1ccccc1-c1cc(Br)ccc1[N+](=O)[O-]. The topological polar surface area (TPSA) is 86.3 Å². The van der Waals surface area contributed by atoms with Crippen LogP contribution in [0, 0.1) is 20.2 Å². The quantitative estimate of drug-likeness (QED) is 0.632. The predicted octanol–water partition coefficient (Wildman–Crippen LogP) is 3.93. The molecule has 0 saturated heterocycles. The molecule has 0 aliphatic heterocycles. The summed E-state index contributed by atoms with van der Waals surface area (Å²) in [4.78, 5) is 20.9. The highest BCUT2D eigenvalue weighted by molar-refractivity contribution is 9.10. The van der Waals surface area contributed by atoms with Crippen LogP contribution >= 0.6 is 15.9 Å². The van der Waals surface area contributed by atoms with Crippen molar-refractivity contribution in [1.29, 1.82) is 0 Å². The van der Waals surface area contributed by atoms with Crippen molar-refractivity contribution in [2.24, 2.45) is 0 Å². The van der Waals surface area contributed by atoms with Gasteiger partial charge in [0.1, 0.15) is 0 Å². The average Bonchev–Trinajstić information content (AvgIpc) is 2.38. The number of hydrogen-bond acceptors (Lipinski definition) is 4. The number of hydrogen-bond donors (Lipinski definition) is 0. The summed E-state index contributed by atoms with van der Waals surface area (Å²) in [6.07, 6.45) is 0. The third-order valence-electron chi connectivity index (χ3n) is 2.55. The standard InChI is InChI=1S/C12H7BrN2O4/c13-8-5-6-12(15(18)19)10(7-8)9-3-1-2-4-11(9)14(16)17/h1-7H. The summed E-state index contributed by atoms with van der Waals surface area (Å²) < 4.78 is 0.617. The summed E-state index contributed by atoms with van der Waals surface area (Å²) in [5.74, 6) is 0. The van der Waals surface area contributed by atoms with Gasteiger partial charge in [-0.1, -0.05) is 28.1 Å². The van der Waals surface area contributed by atoms with E-state index in [1.165, 1.54) is 36.4 Å². The molecule has 19 heavy (non-hydrogen) atoms. The van der Waals surface area contributed by atoms with Gasteiger partial charge in [-0.3, -0.25) is 20.2 Å². The molecule has 0 spiro atoms. The lowest BCUT2D eigenvalue weighted by atomic mass is 10.0. The summed E-state index contributed by atoms with van der Waals surface area (Å²) in [5.41, 5.74) is 0.105. The highest BCUT2D eigenvalue weighted by Crippen LogP contribution is 2.37. The largest absolute Gasteiger partial charge is 0.277 e. The Morgan fingerprint density at radius 3 is 2.05 bits per heavy atom. The van der Waals surface area contributed by atoms with Crippen LogP contribution in [0.25, 0.3) is 11.1 Å². The maximum Gasteiger partial charge on any atom is 0.277 e. The first-order valence-electron chi connectivity index (χ1n) is 5.18. The van der Waals surface area contributed by atoms with Crippen molar-refractivity contribution >= 4 is 27.3 Å². The zero-order valence-electron chi connectivity index (χ0n) is 9.45. The molecule has 2 aromatic rings. The summed E-state index contributed by atoms with van der Waals surface area (Å²) in [6.45, 7) is 0. The van der Waals surface area contributed by atoms with E-state index in [1.807, 2.05) is 0 Å². The molecule has 0 radical (unpaired) electrons. The van der Waals surface area contributed by atoms with Gasteiger partial charge in [0.15, 0.2) is 0 Å². The minimum Gasteiger partial charge on any atom is -0.258 e. The van der Waals surface area contributed by atoms with E-state index in [2.05, 4.69) is 15.9 Å². The second-order valence-electron chi connectivity index (χ2n) is 3.69. The second kappa shape index (κ2) is 5.15. The van der Waals surface area contributed by atoms with Gasteiger partial charge in [-0.05, 0) is 18.2 Å². The van der Waals surface area contributed by atoms with Gasteiger partial charge in [0, 0.05) is 16.6 Å². The van der Waals surface area contributed by atoms with Crippen molar-refractivity contribution in [3.05, 3.63) is 67.2 Å². The molecule has 0 atom stereocenters. The van der Waals surface area contributed by atoms with E-state index in [0.29, 0.717) is 4.47 Å². The number of rotatable bonds is 3. The lowest BCUT2D eigenvalue weighted by Gasteiger charge is -2.04. The van der Waals surface area contributed by atoms with Gasteiger partial charge < -0.3 is 0 Å². The number of para-hydroxylation sites is 1. The molecule has 0 amide bonds. The molecular formula is C12H7BrN2O4. The zero-order chi connectivity index (χ0) is 14.0. The van der Waals surface area contributed by atoms with Crippen molar-refractivity contribution in [3.8, 4) is 11.1 Å². The molecule has 0 unspecified atom stereocenters. The minimum absolute atomic E-state index is 0.163. The van der Waals surface area contributed by atoms with Crippen molar-refractivity contribution < 1.29 is 9.85 Å². The Morgan fingerprint density at radius 2 is 1.42 bits per heavy atom. The Kier molecular flexibility index (Phi) is 3.57. The molecule has 2 aromatic carbocycles. The Bertz CT molecular complexity index is 673. The van der Waals surface area contributed by atoms with E-state index in [-0.39, 0.29) is 22.5 Å². The number of benzene rings is 2. The summed E-state index contributed by atoms with van der Waals surface area (Å²) in [7, 11) is 0. The fraction of sp³-hybridized carbons (Fsp3) is 0. The summed E-state index contributed by atoms with van der Waals surface area (Å²) in [6, 6.07) is 10.3. The lowest BCUT2D eigenvalue weighted by molar-refractivity contribution is -0.386. The molecule has 6 nitrogen and oxygen atoms in total. The highest BCUT2D eigenvalue weighted by Gasteiger charge is 2.22. The average molecular weight is 323 g/mol. The first-order valence-corrected chi connectivity index (χ1v) is 5.97. The fourth-order valence-electron chi connectivity index (χ4n) is 1.74. The second-order valence-corrected chi connectivity index (χ2v) is 4.61. The maximum absolute atomic E-state index is 11.0. The Labute approximate surface area is 116 Å². The van der Waals surface area contributed by atoms with Gasteiger partial charge in [-0.2, -0.15) is 0 Å². The van der Waals surface area contributed by atoms with Gasteiger partial charge in [0.2, 0.25) is 0 Å². The normalized spacial score (nSPS) is 10.2. The molecule has 0 fully saturated rings. The number of nitrogens with zero attached hydrogens (tertiary/aromatic N) is 2. The summed E-state index contributed by atoms with van der Waals surface area (Å²) >= 11 is 3.21. The maximum atomic E-state index is 11.0. The zero-order valence-corrected chi connectivity index (χ0v) is 11.0. The highest BCUT2D eigenvalue weighted by atomic mass is 79.9. The van der Waals surface area contributed by atoms with E-state index in [4.69, 9.17) is 0 Å². The molecular weight excluding hydrogens is 316 g/mol. The van der Waals surface area contributed by atoms with Crippen LogP contribution in [0.15, 0.2) is 46.9 Å². The van der Waals surface area contributed by atoms with Crippen LogP contribution < -0.4 is 0 Å². The molecule has 0 aliphatic carbocycles. The first kappa shape index (κ1) is 13.2. The van der Waals surface area contributed by atoms with Crippen LogP contribution in [-0.4, -0.2) is 9.85 Å². The van der Waals surface area contributed by atoms with E-state index < -0.39 is 9.85 Å². The molecule has 7 heteroatoms. The van der Waals surface area contributed by atoms with Crippen molar-refractivity contribution in [2.45, 2.75) is 0 Å².